The molecule has 0 spiro atoms. The molecule has 0 saturated carbocycles. The van der Waals surface area contributed by atoms with Gasteiger partial charge in [-0.25, -0.2) is 9.78 Å². The van der Waals surface area contributed by atoms with E-state index in [1.165, 1.54) is 20.0 Å². The molecule has 152 valence electrons. The molecule has 4 heteroatoms. The molecule has 1 heterocycles. The normalized spacial score (nSPS) is 28.8. The summed E-state index contributed by atoms with van der Waals surface area (Å²) in [6.07, 6.45) is 12.0. The Kier molecular flexibility index (Phi) is 10.5. The van der Waals surface area contributed by atoms with Gasteiger partial charge < -0.3 is 4.74 Å². The number of rotatable bonds is 11. The van der Waals surface area contributed by atoms with Crippen LogP contribution in [-0.4, -0.2) is 24.8 Å². The van der Waals surface area contributed by atoms with Crippen LogP contribution >= 0.6 is 0 Å². The standard InChI is InChI=1S/C22H40O4/c1-7-11-12-18(8-2)13-17(5)15-22(10-4)16-19(9-3)20(25-26-22)14-21(23)24-6/h11-12,17-20H,7-10,13-16H2,1-6H3. The van der Waals surface area contributed by atoms with E-state index in [9.17, 15) is 4.79 Å². The topological polar surface area (TPSA) is 44.8 Å². The smallest absolute Gasteiger partial charge is 0.308 e. The van der Waals surface area contributed by atoms with Gasteiger partial charge in [-0.2, -0.15) is 0 Å². The highest BCUT2D eigenvalue weighted by Gasteiger charge is 2.43. The van der Waals surface area contributed by atoms with Crippen molar-refractivity contribution in [2.45, 2.75) is 97.7 Å². The summed E-state index contributed by atoms with van der Waals surface area (Å²) in [5.41, 5.74) is -0.237. The predicted octanol–water partition coefficient (Wildman–Crippen LogP) is 5.85. The van der Waals surface area contributed by atoms with Crippen LogP contribution in [0.15, 0.2) is 12.2 Å². The summed E-state index contributed by atoms with van der Waals surface area (Å²) in [6, 6.07) is 0. The average Bonchev–Trinajstić information content (AvgIpc) is 2.66. The van der Waals surface area contributed by atoms with Gasteiger partial charge in [0.25, 0.3) is 0 Å². The van der Waals surface area contributed by atoms with Gasteiger partial charge >= 0.3 is 5.97 Å². The fourth-order valence-corrected chi connectivity index (χ4v) is 4.15. The summed E-state index contributed by atoms with van der Waals surface area (Å²) in [6.45, 7) is 11.1. The van der Waals surface area contributed by atoms with Gasteiger partial charge in [0.05, 0.1) is 13.5 Å². The van der Waals surface area contributed by atoms with Crippen molar-refractivity contribution in [2.24, 2.45) is 17.8 Å². The van der Waals surface area contributed by atoms with Crippen LogP contribution in [0.3, 0.4) is 0 Å². The molecule has 0 aromatic heterocycles. The van der Waals surface area contributed by atoms with Crippen LogP contribution in [0.1, 0.15) is 86.0 Å². The lowest BCUT2D eigenvalue weighted by atomic mass is 9.76. The van der Waals surface area contributed by atoms with E-state index in [1.54, 1.807) is 0 Å². The summed E-state index contributed by atoms with van der Waals surface area (Å²) in [5.74, 6) is 1.30. The van der Waals surface area contributed by atoms with Crippen molar-refractivity contribution in [3.05, 3.63) is 12.2 Å². The summed E-state index contributed by atoms with van der Waals surface area (Å²) in [4.78, 5) is 23.3. The Balaban J connectivity index is 2.70. The number of carbonyl (C=O) groups excluding carboxylic acids is 1. The van der Waals surface area contributed by atoms with Crippen molar-refractivity contribution in [3.63, 3.8) is 0 Å². The van der Waals surface area contributed by atoms with Crippen molar-refractivity contribution in [2.75, 3.05) is 7.11 Å². The van der Waals surface area contributed by atoms with Gasteiger partial charge in [0.15, 0.2) is 0 Å². The minimum absolute atomic E-state index is 0.196. The summed E-state index contributed by atoms with van der Waals surface area (Å²) in [7, 11) is 1.42. The Labute approximate surface area is 160 Å². The zero-order chi connectivity index (χ0) is 19.6. The predicted molar refractivity (Wildman–Crippen MR) is 106 cm³/mol. The van der Waals surface area contributed by atoms with E-state index >= 15 is 0 Å². The van der Waals surface area contributed by atoms with Crippen molar-refractivity contribution in [1.29, 1.82) is 0 Å². The van der Waals surface area contributed by atoms with Gasteiger partial charge in [0.1, 0.15) is 11.7 Å². The summed E-state index contributed by atoms with van der Waals surface area (Å²) < 4.78 is 4.80. The molecule has 5 unspecified atom stereocenters. The molecule has 0 aromatic carbocycles. The highest BCUT2D eigenvalue weighted by molar-refractivity contribution is 5.69. The molecule has 1 aliphatic rings. The summed E-state index contributed by atoms with van der Waals surface area (Å²) in [5, 5.41) is 0. The third-order valence-electron chi connectivity index (χ3n) is 5.87. The second-order valence-electron chi connectivity index (χ2n) is 7.96. The van der Waals surface area contributed by atoms with Gasteiger partial charge in [-0.3, -0.25) is 4.79 Å². The maximum absolute atomic E-state index is 11.6. The molecule has 1 saturated heterocycles. The monoisotopic (exact) mass is 368 g/mol. The number of carbonyl (C=O) groups is 1. The van der Waals surface area contributed by atoms with Crippen LogP contribution in [0.4, 0.5) is 0 Å². The Morgan fingerprint density at radius 1 is 1.31 bits per heavy atom. The number of hydrogen-bond donors (Lipinski definition) is 0. The lowest BCUT2D eigenvalue weighted by Gasteiger charge is -2.44. The average molecular weight is 369 g/mol. The van der Waals surface area contributed by atoms with Crippen molar-refractivity contribution in [3.8, 4) is 0 Å². The summed E-state index contributed by atoms with van der Waals surface area (Å²) >= 11 is 0. The van der Waals surface area contributed by atoms with Gasteiger partial charge in [-0.15, -0.1) is 0 Å². The molecule has 0 radical (unpaired) electrons. The fourth-order valence-electron chi connectivity index (χ4n) is 4.15. The fraction of sp³-hybridized carbons (Fsp3) is 0.864. The third kappa shape index (κ3) is 7.03. The Morgan fingerprint density at radius 3 is 2.58 bits per heavy atom. The highest BCUT2D eigenvalue weighted by atomic mass is 17.2. The van der Waals surface area contributed by atoms with Crippen molar-refractivity contribution < 1.29 is 19.3 Å². The molecule has 1 rings (SSSR count). The van der Waals surface area contributed by atoms with E-state index in [0.717, 1.165) is 32.1 Å². The van der Waals surface area contributed by atoms with Crippen LogP contribution in [0.25, 0.3) is 0 Å². The van der Waals surface area contributed by atoms with Gasteiger partial charge in [-0.05, 0) is 56.3 Å². The van der Waals surface area contributed by atoms with Gasteiger partial charge in [0, 0.05) is 0 Å². The van der Waals surface area contributed by atoms with Gasteiger partial charge in [0.2, 0.25) is 0 Å². The first-order valence-corrected chi connectivity index (χ1v) is 10.5. The van der Waals surface area contributed by atoms with Crippen LogP contribution in [0.5, 0.6) is 0 Å². The largest absolute Gasteiger partial charge is 0.469 e. The SMILES string of the molecule is CCC=CC(CC)CC(C)CC1(CC)CC(CC)C(CC(=O)OC)OO1. The maximum Gasteiger partial charge on any atom is 0.308 e. The molecular formula is C22H40O4. The number of hydrogen-bond acceptors (Lipinski definition) is 4. The number of methoxy groups -OCH3 is 1. The maximum atomic E-state index is 11.6. The van der Waals surface area contributed by atoms with E-state index in [4.69, 9.17) is 14.5 Å². The molecule has 4 nitrogen and oxygen atoms in total. The number of ether oxygens (including phenoxy) is 1. The first-order chi connectivity index (χ1) is 12.4. The quantitative estimate of drug-likeness (QED) is 0.260. The lowest BCUT2D eigenvalue weighted by molar-refractivity contribution is -0.424. The Bertz CT molecular complexity index is 434. The molecule has 26 heavy (non-hydrogen) atoms. The van der Waals surface area contributed by atoms with Crippen LogP contribution in [-0.2, 0) is 19.3 Å². The van der Waals surface area contributed by atoms with Crippen molar-refractivity contribution in [1.82, 2.24) is 0 Å². The minimum atomic E-state index is -0.237. The van der Waals surface area contributed by atoms with E-state index in [2.05, 4.69) is 46.8 Å². The first-order valence-electron chi connectivity index (χ1n) is 10.5. The van der Waals surface area contributed by atoms with E-state index in [-0.39, 0.29) is 24.1 Å². The van der Waals surface area contributed by atoms with E-state index in [1.807, 2.05) is 0 Å². The van der Waals surface area contributed by atoms with Gasteiger partial charge in [-0.1, -0.05) is 53.2 Å². The molecule has 1 aliphatic heterocycles. The molecule has 1 fully saturated rings. The highest BCUT2D eigenvalue weighted by Crippen LogP contribution is 2.41. The molecule has 0 aliphatic carbocycles. The zero-order valence-electron chi connectivity index (χ0n) is 17.8. The van der Waals surface area contributed by atoms with E-state index in [0.29, 0.717) is 17.8 Å². The molecular weight excluding hydrogens is 328 g/mol. The second kappa shape index (κ2) is 11.8. The molecule has 0 aromatic rings. The van der Waals surface area contributed by atoms with Crippen molar-refractivity contribution >= 4 is 5.97 Å². The van der Waals surface area contributed by atoms with Crippen LogP contribution in [0.2, 0.25) is 0 Å². The number of esters is 1. The lowest BCUT2D eigenvalue weighted by Crippen LogP contribution is -2.46. The second-order valence-corrected chi connectivity index (χ2v) is 7.96. The van der Waals surface area contributed by atoms with E-state index < -0.39 is 0 Å². The van der Waals surface area contributed by atoms with Crippen LogP contribution in [0, 0.1) is 17.8 Å². The minimum Gasteiger partial charge on any atom is -0.469 e. The Hall–Kier alpha value is -0.870. The molecule has 0 N–H and O–H groups in total. The molecule has 0 bridgehead atoms. The first kappa shape index (κ1) is 23.2. The number of allylic oxidation sites excluding steroid dienone is 2. The molecule has 0 amide bonds. The molecule has 5 atom stereocenters. The third-order valence-corrected chi connectivity index (χ3v) is 5.87. The zero-order valence-corrected chi connectivity index (χ0v) is 17.8. The Morgan fingerprint density at radius 2 is 2.04 bits per heavy atom. The van der Waals surface area contributed by atoms with Crippen LogP contribution < -0.4 is 0 Å².